The van der Waals surface area contributed by atoms with Crippen LogP contribution in [0.15, 0.2) is 55.6 Å². The van der Waals surface area contributed by atoms with Gasteiger partial charge in [0.2, 0.25) is 11.9 Å². The van der Waals surface area contributed by atoms with Crippen LogP contribution < -0.4 is 20.3 Å². The summed E-state index contributed by atoms with van der Waals surface area (Å²) >= 11 is 0. The number of benzene rings is 1. The fourth-order valence-electron chi connectivity index (χ4n) is 4.18. The quantitative estimate of drug-likeness (QED) is 0.298. The summed E-state index contributed by atoms with van der Waals surface area (Å²) in [6, 6.07) is 7.71. The molecule has 0 saturated carbocycles. The molecule has 11 nitrogen and oxygen atoms in total. The highest BCUT2D eigenvalue weighted by atomic mass is 16.5. The molecule has 0 fully saturated rings. The van der Waals surface area contributed by atoms with Gasteiger partial charge in [0.1, 0.15) is 11.8 Å². The number of likely N-dealkylation sites (N-methyl/N-ethyl adjacent to an activating group) is 2. The highest BCUT2D eigenvalue weighted by Gasteiger charge is 2.19. The lowest BCUT2D eigenvalue weighted by atomic mass is 10.1. The number of methoxy groups -OCH3 is 1. The van der Waals surface area contributed by atoms with Gasteiger partial charge in [0.15, 0.2) is 0 Å². The van der Waals surface area contributed by atoms with Gasteiger partial charge in [-0.05, 0) is 32.3 Å². The Morgan fingerprint density at radius 2 is 2.03 bits per heavy atom. The third-order valence-electron chi connectivity index (χ3n) is 6.26. The Kier molecular flexibility index (Phi) is 8.07. The molecule has 0 bridgehead atoms. The zero-order valence-corrected chi connectivity index (χ0v) is 22.7. The van der Waals surface area contributed by atoms with Crippen molar-refractivity contribution in [3.8, 4) is 23.1 Å². The first kappa shape index (κ1) is 27.1. The fraction of sp³-hybridized carbons (Fsp3) is 0.250. The number of ether oxygens (including phenoxy) is 1. The van der Waals surface area contributed by atoms with Crippen molar-refractivity contribution in [1.82, 2.24) is 24.4 Å². The van der Waals surface area contributed by atoms with E-state index < -0.39 is 0 Å². The average molecular weight is 526 g/mol. The van der Waals surface area contributed by atoms with Crippen molar-refractivity contribution >= 4 is 39.8 Å². The molecule has 39 heavy (non-hydrogen) atoms. The Hall–Kier alpha value is -4.95. The molecule has 2 N–H and O–H groups in total. The van der Waals surface area contributed by atoms with E-state index in [1.807, 2.05) is 56.0 Å². The Balaban J connectivity index is 1.77. The number of pyridine rings is 1. The first-order chi connectivity index (χ1) is 18.7. The van der Waals surface area contributed by atoms with Crippen LogP contribution >= 0.6 is 0 Å². The summed E-state index contributed by atoms with van der Waals surface area (Å²) in [5.74, 6) is 0.454. The minimum atomic E-state index is -0.338. The molecular formula is C28H31N9O2. The van der Waals surface area contributed by atoms with Crippen LogP contribution in [0, 0.1) is 11.3 Å². The van der Waals surface area contributed by atoms with Crippen LogP contribution in [0.25, 0.3) is 22.2 Å². The largest absolute Gasteiger partial charge is 0.494 e. The van der Waals surface area contributed by atoms with E-state index in [1.165, 1.54) is 12.3 Å². The summed E-state index contributed by atoms with van der Waals surface area (Å²) < 4.78 is 7.65. The highest BCUT2D eigenvalue weighted by Crippen LogP contribution is 2.38. The zero-order valence-electron chi connectivity index (χ0n) is 22.7. The van der Waals surface area contributed by atoms with Crippen LogP contribution in [0.2, 0.25) is 0 Å². The molecule has 4 aromatic rings. The number of nitriles is 1. The van der Waals surface area contributed by atoms with Gasteiger partial charge in [0.05, 0.1) is 47.1 Å². The normalized spacial score (nSPS) is 10.8. The van der Waals surface area contributed by atoms with Crippen molar-refractivity contribution in [2.45, 2.75) is 0 Å². The number of aromatic nitrogens is 4. The van der Waals surface area contributed by atoms with Crippen LogP contribution in [0.1, 0.15) is 5.56 Å². The number of hydrogen-bond acceptors (Lipinski definition) is 9. The van der Waals surface area contributed by atoms with Crippen molar-refractivity contribution in [3.63, 3.8) is 0 Å². The Morgan fingerprint density at radius 3 is 2.72 bits per heavy atom. The number of nitrogens with zero attached hydrogens (tertiary/aromatic N) is 7. The van der Waals surface area contributed by atoms with Crippen LogP contribution in [0.4, 0.5) is 23.0 Å². The molecule has 0 unspecified atom stereocenters. The number of nitrogens with one attached hydrogen (secondary N) is 2. The molecule has 0 aliphatic carbocycles. The van der Waals surface area contributed by atoms with Gasteiger partial charge in [-0.1, -0.05) is 6.58 Å². The van der Waals surface area contributed by atoms with E-state index in [0.29, 0.717) is 28.4 Å². The second-order valence-electron chi connectivity index (χ2n) is 9.23. The molecule has 0 aliphatic rings. The maximum absolute atomic E-state index is 12.3. The number of amides is 1. The number of anilines is 4. The molecule has 1 amide bonds. The van der Waals surface area contributed by atoms with Crippen molar-refractivity contribution in [1.29, 1.82) is 5.26 Å². The average Bonchev–Trinajstić information content (AvgIpc) is 3.28. The Labute approximate surface area is 227 Å². The highest BCUT2D eigenvalue weighted by molar-refractivity contribution is 6.02. The smallest absolute Gasteiger partial charge is 0.247 e. The van der Waals surface area contributed by atoms with Gasteiger partial charge in [0.25, 0.3) is 0 Å². The van der Waals surface area contributed by atoms with Gasteiger partial charge >= 0.3 is 0 Å². The molecule has 0 saturated heterocycles. The minimum Gasteiger partial charge on any atom is -0.494 e. The van der Waals surface area contributed by atoms with Crippen LogP contribution in [0.5, 0.6) is 5.75 Å². The van der Waals surface area contributed by atoms with Gasteiger partial charge in [-0.25, -0.2) is 9.97 Å². The number of rotatable bonds is 10. The van der Waals surface area contributed by atoms with Gasteiger partial charge in [0, 0.05) is 62.8 Å². The molecule has 0 aliphatic heterocycles. The molecule has 200 valence electrons. The third-order valence-corrected chi connectivity index (χ3v) is 6.26. The minimum absolute atomic E-state index is 0.262. The van der Waals surface area contributed by atoms with Crippen LogP contribution in [0.3, 0.4) is 0 Å². The fourth-order valence-corrected chi connectivity index (χ4v) is 4.18. The summed E-state index contributed by atoms with van der Waals surface area (Å²) in [6.45, 7) is 5.11. The van der Waals surface area contributed by atoms with Crippen molar-refractivity contribution < 1.29 is 9.53 Å². The third kappa shape index (κ3) is 5.81. The Morgan fingerprint density at radius 1 is 1.23 bits per heavy atom. The predicted octanol–water partition coefficient (Wildman–Crippen LogP) is 3.78. The van der Waals surface area contributed by atoms with E-state index in [2.05, 4.69) is 38.1 Å². The van der Waals surface area contributed by atoms with E-state index in [0.717, 1.165) is 35.2 Å². The lowest BCUT2D eigenvalue weighted by Gasteiger charge is -2.26. The van der Waals surface area contributed by atoms with Gasteiger partial charge in [-0.2, -0.15) is 5.26 Å². The number of aryl methyl sites for hydroxylation is 1. The first-order valence-corrected chi connectivity index (χ1v) is 12.2. The maximum atomic E-state index is 12.3. The predicted molar refractivity (Wildman–Crippen MR) is 153 cm³/mol. The first-order valence-electron chi connectivity index (χ1n) is 12.2. The molecule has 0 radical (unpaired) electrons. The molecule has 4 rings (SSSR count). The molecule has 1 aromatic carbocycles. The van der Waals surface area contributed by atoms with E-state index in [4.69, 9.17) is 9.72 Å². The number of carbonyl (C=O) groups excluding carboxylic acids is 1. The number of fused-ring (bicyclic) bond motifs is 1. The summed E-state index contributed by atoms with van der Waals surface area (Å²) in [7, 11) is 9.45. The molecule has 0 atom stereocenters. The van der Waals surface area contributed by atoms with Gasteiger partial charge in [-0.3, -0.25) is 9.78 Å². The van der Waals surface area contributed by atoms with Crippen molar-refractivity contribution in [2.24, 2.45) is 7.05 Å². The molecule has 11 heteroatoms. The summed E-state index contributed by atoms with van der Waals surface area (Å²) in [5.41, 5.74) is 4.43. The maximum Gasteiger partial charge on any atom is 0.247 e. The molecule has 3 heterocycles. The standard InChI is InChI=1S/C28H31N9O2/c1-7-26(38)32-21-12-22(25(39-6)13-24(21)36(4)11-10-35(2)3)33-28-31-15-18(14-29)27(34-28)20-17-37(5)23-8-9-30-16-19(20)23/h7-9,12-13,15-17H,1,10-11H2,2-6H3,(H,32,38)(H,31,33,34). The molecule has 0 spiro atoms. The lowest BCUT2D eigenvalue weighted by molar-refractivity contribution is -0.111. The lowest BCUT2D eigenvalue weighted by Crippen LogP contribution is -2.29. The molecule has 3 aromatic heterocycles. The monoisotopic (exact) mass is 525 g/mol. The van der Waals surface area contributed by atoms with Crippen molar-refractivity contribution in [3.05, 3.63) is 61.2 Å². The topological polar surface area (TPSA) is 124 Å². The van der Waals surface area contributed by atoms with E-state index in [1.54, 1.807) is 25.6 Å². The van der Waals surface area contributed by atoms with E-state index in [-0.39, 0.29) is 11.9 Å². The number of hydrogen-bond donors (Lipinski definition) is 2. The second kappa shape index (κ2) is 11.6. The van der Waals surface area contributed by atoms with Crippen LogP contribution in [-0.4, -0.2) is 71.7 Å². The molecular weight excluding hydrogens is 494 g/mol. The Bertz CT molecular complexity index is 1570. The number of carbonyl (C=O) groups is 1. The SMILES string of the molecule is C=CC(=O)Nc1cc(Nc2ncc(C#N)c(-c3cn(C)c4ccncc34)n2)c(OC)cc1N(C)CCN(C)C. The zero-order chi connectivity index (χ0) is 28.1. The summed E-state index contributed by atoms with van der Waals surface area (Å²) in [6.07, 6.45) is 8.10. The van der Waals surface area contributed by atoms with Gasteiger partial charge in [-0.15, -0.1) is 0 Å². The second-order valence-corrected chi connectivity index (χ2v) is 9.23. The van der Waals surface area contributed by atoms with Crippen LogP contribution in [-0.2, 0) is 11.8 Å². The van der Waals surface area contributed by atoms with E-state index in [9.17, 15) is 10.1 Å². The summed E-state index contributed by atoms with van der Waals surface area (Å²) in [5, 5.41) is 16.7. The van der Waals surface area contributed by atoms with Gasteiger partial charge < -0.3 is 29.7 Å². The summed E-state index contributed by atoms with van der Waals surface area (Å²) in [4.78, 5) is 29.7. The van der Waals surface area contributed by atoms with E-state index >= 15 is 0 Å². The van der Waals surface area contributed by atoms with Crippen molar-refractivity contribution in [2.75, 3.05) is 56.9 Å².